The molecule has 0 radical (unpaired) electrons. The second-order valence-corrected chi connectivity index (χ2v) is 6.73. The largest absolute Gasteiger partial charge is 0.503 e. The van der Waals surface area contributed by atoms with E-state index in [2.05, 4.69) is 0 Å². The Hall–Kier alpha value is -1.47. The van der Waals surface area contributed by atoms with Gasteiger partial charge in [0.1, 0.15) is 10.6 Å². The molecule has 0 aliphatic heterocycles. The Morgan fingerprint density at radius 3 is 1.91 bits per heavy atom. The highest BCUT2D eigenvalue weighted by Gasteiger charge is 2.33. The highest BCUT2D eigenvalue weighted by atomic mass is 32.2. The molecule has 6 nitrogen and oxygen atoms in total. The van der Waals surface area contributed by atoms with Crippen molar-refractivity contribution in [3.63, 3.8) is 0 Å². The van der Waals surface area contributed by atoms with Crippen molar-refractivity contribution in [2.45, 2.75) is 57.3 Å². The van der Waals surface area contributed by atoms with Crippen molar-refractivity contribution in [3.8, 4) is 17.2 Å². The van der Waals surface area contributed by atoms with E-state index in [-0.39, 0.29) is 11.7 Å². The summed E-state index contributed by atoms with van der Waals surface area (Å²) in [5, 5.41) is 10.5. The highest BCUT2D eigenvalue weighted by molar-refractivity contribution is 7.86. The highest BCUT2D eigenvalue weighted by Crippen LogP contribution is 2.49. The van der Waals surface area contributed by atoms with E-state index in [1.54, 1.807) is 0 Å². The number of methoxy groups -OCH3 is 2. The molecule has 0 aromatic heterocycles. The van der Waals surface area contributed by atoms with Gasteiger partial charge in [-0.3, -0.25) is 4.55 Å². The lowest BCUT2D eigenvalue weighted by molar-refractivity contribution is 0.341. The van der Waals surface area contributed by atoms with Crippen LogP contribution < -0.4 is 9.47 Å². The molecule has 0 heterocycles. The normalized spacial score (nSPS) is 11.8. The van der Waals surface area contributed by atoms with Crippen LogP contribution in [0.25, 0.3) is 0 Å². The minimum atomic E-state index is -4.64. The van der Waals surface area contributed by atoms with Crippen LogP contribution in [0, 0.1) is 0 Å². The van der Waals surface area contributed by atoms with Gasteiger partial charge in [-0.2, -0.15) is 8.42 Å². The molecule has 0 atom stereocenters. The number of phenolic OH excluding ortho intramolecular Hbond substituents is 1. The number of aromatic hydroxyl groups is 1. The van der Waals surface area contributed by atoms with Gasteiger partial charge in [0.05, 0.1) is 14.2 Å². The van der Waals surface area contributed by atoms with E-state index in [0.29, 0.717) is 36.1 Å². The molecule has 0 unspecified atom stereocenters. The zero-order chi connectivity index (χ0) is 17.8. The van der Waals surface area contributed by atoms with Crippen LogP contribution >= 0.6 is 0 Å². The predicted octanol–water partition coefficient (Wildman–Crippen LogP) is 3.51. The molecular weight excluding hydrogens is 320 g/mol. The first-order valence-corrected chi connectivity index (χ1v) is 9.19. The molecule has 2 N–H and O–H groups in total. The smallest absolute Gasteiger partial charge is 0.298 e. The van der Waals surface area contributed by atoms with Crippen LogP contribution in [-0.4, -0.2) is 32.3 Å². The van der Waals surface area contributed by atoms with E-state index in [4.69, 9.17) is 9.47 Å². The van der Waals surface area contributed by atoms with Gasteiger partial charge in [0.15, 0.2) is 11.5 Å². The lowest BCUT2D eigenvalue weighted by Crippen LogP contribution is -2.12. The van der Waals surface area contributed by atoms with Crippen LogP contribution in [0.3, 0.4) is 0 Å². The first-order chi connectivity index (χ1) is 10.8. The maximum absolute atomic E-state index is 11.9. The van der Waals surface area contributed by atoms with Crippen molar-refractivity contribution in [1.29, 1.82) is 0 Å². The summed E-state index contributed by atoms with van der Waals surface area (Å²) in [5.74, 6) is -0.329. The predicted molar refractivity (Wildman–Crippen MR) is 88.3 cm³/mol. The van der Waals surface area contributed by atoms with E-state index in [1.807, 2.05) is 20.8 Å². The molecule has 0 fully saturated rings. The third-order valence-corrected chi connectivity index (χ3v) is 4.96. The molecule has 0 spiro atoms. The molecule has 0 aliphatic carbocycles. The first-order valence-electron chi connectivity index (χ1n) is 7.75. The molecule has 0 amide bonds. The Morgan fingerprint density at radius 2 is 1.57 bits per heavy atom. The first kappa shape index (κ1) is 19.6. The fourth-order valence-corrected chi connectivity index (χ4v) is 3.88. The molecule has 0 bridgehead atoms. The molecule has 23 heavy (non-hydrogen) atoms. The van der Waals surface area contributed by atoms with Crippen molar-refractivity contribution in [2.75, 3.05) is 14.2 Å². The molecule has 0 saturated heterocycles. The number of rotatable bonds is 8. The summed E-state index contributed by atoms with van der Waals surface area (Å²) in [6, 6.07) is 0. The summed E-state index contributed by atoms with van der Waals surface area (Å²) in [5.41, 5.74) is 0.936. The number of benzene rings is 1. The molecule has 1 aromatic carbocycles. The summed E-state index contributed by atoms with van der Waals surface area (Å²) in [6.45, 7) is 5.80. The Labute approximate surface area is 138 Å². The Bertz CT molecular complexity index is 647. The van der Waals surface area contributed by atoms with Crippen LogP contribution in [0.5, 0.6) is 17.2 Å². The quantitative estimate of drug-likeness (QED) is 0.700. The average Bonchev–Trinajstić information content (AvgIpc) is 2.48. The average molecular weight is 346 g/mol. The third-order valence-electron chi connectivity index (χ3n) is 4.03. The van der Waals surface area contributed by atoms with Gasteiger partial charge in [0, 0.05) is 11.1 Å². The van der Waals surface area contributed by atoms with E-state index < -0.39 is 20.8 Å². The molecule has 1 rings (SSSR count). The van der Waals surface area contributed by atoms with Gasteiger partial charge in [-0.25, -0.2) is 0 Å². The van der Waals surface area contributed by atoms with Gasteiger partial charge in [0.2, 0.25) is 0 Å². The van der Waals surface area contributed by atoms with Gasteiger partial charge < -0.3 is 14.6 Å². The van der Waals surface area contributed by atoms with E-state index >= 15 is 0 Å². The fourth-order valence-electron chi connectivity index (χ4n) is 3.00. The summed E-state index contributed by atoms with van der Waals surface area (Å²) in [4.78, 5) is -0.514. The Morgan fingerprint density at radius 1 is 1.04 bits per heavy atom. The Balaban J connectivity index is 4.02. The lowest BCUT2D eigenvalue weighted by Gasteiger charge is -2.25. The van der Waals surface area contributed by atoms with Gasteiger partial charge in [-0.05, 0) is 25.2 Å². The van der Waals surface area contributed by atoms with E-state index in [0.717, 1.165) is 6.42 Å². The van der Waals surface area contributed by atoms with Crippen LogP contribution in [-0.2, 0) is 16.5 Å². The summed E-state index contributed by atoms with van der Waals surface area (Å²) in [7, 11) is -1.84. The molecule has 0 aliphatic rings. The van der Waals surface area contributed by atoms with Gasteiger partial charge in [0.25, 0.3) is 10.1 Å². The monoisotopic (exact) mass is 346 g/mol. The minimum absolute atomic E-state index is 0.0334. The molecule has 7 heteroatoms. The topological polar surface area (TPSA) is 93.1 Å². The van der Waals surface area contributed by atoms with Gasteiger partial charge in [-0.1, -0.05) is 27.2 Å². The third kappa shape index (κ3) is 3.72. The number of hydrogen-bond acceptors (Lipinski definition) is 5. The summed E-state index contributed by atoms with van der Waals surface area (Å²) >= 11 is 0. The summed E-state index contributed by atoms with van der Waals surface area (Å²) in [6.07, 6.45) is 2.61. The maximum Gasteiger partial charge on any atom is 0.298 e. The van der Waals surface area contributed by atoms with E-state index in [1.165, 1.54) is 14.2 Å². The standard InChI is InChI=1S/C16H26O6S/c1-6-9-11-14(21-4)12(10(7-2)8-3)16(23(18,19)20)13(17)15(11)22-5/h10,17H,6-9H2,1-5H3,(H,18,19,20). The fraction of sp³-hybridized carbons (Fsp3) is 0.625. The van der Waals surface area contributed by atoms with Crippen molar-refractivity contribution in [3.05, 3.63) is 11.1 Å². The van der Waals surface area contributed by atoms with Crippen LogP contribution in [0.1, 0.15) is 57.1 Å². The van der Waals surface area contributed by atoms with Crippen molar-refractivity contribution >= 4 is 10.1 Å². The zero-order valence-corrected chi connectivity index (χ0v) is 15.2. The molecule has 132 valence electrons. The lowest BCUT2D eigenvalue weighted by atomic mass is 9.89. The van der Waals surface area contributed by atoms with Crippen LogP contribution in [0.2, 0.25) is 0 Å². The summed E-state index contributed by atoms with van der Waals surface area (Å²) < 4.78 is 44.1. The van der Waals surface area contributed by atoms with E-state index in [9.17, 15) is 18.1 Å². The van der Waals surface area contributed by atoms with Crippen molar-refractivity contribution in [1.82, 2.24) is 0 Å². The molecular formula is C16H26O6S. The maximum atomic E-state index is 11.9. The Kier molecular flexibility index (Phi) is 6.70. The second kappa shape index (κ2) is 7.88. The molecule has 1 aromatic rings. The van der Waals surface area contributed by atoms with Crippen LogP contribution in [0.15, 0.2) is 4.90 Å². The second-order valence-electron chi connectivity index (χ2n) is 5.37. The van der Waals surface area contributed by atoms with Crippen LogP contribution in [0.4, 0.5) is 0 Å². The van der Waals surface area contributed by atoms with Crippen molar-refractivity contribution < 1.29 is 27.6 Å². The number of phenols is 1. The molecule has 0 saturated carbocycles. The van der Waals surface area contributed by atoms with Gasteiger partial charge >= 0.3 is 0 Å². The van der Waals surface area contributed by atoms with Crippen molar-refractivity contribution in [2.24, 2.45) is 0 Å². The zero-order valence-electron chi connectivity index (χ0n) is 14.3. The number of ether oxygens (including phenoxy) is 2. The van der Waals surface area contributed by atoms with Gasteiger partial charge in [-0.15, -0.1) is 0 Å². The SMILES string of the molecule is CCCc1c(OC)c(O)c(S(=O)(=O)O)c(C(CC)CC)c1OC. The number of hydrogen-bond donors (Lipinski definition) is 2. The minimum Gasteiger partial charge on any atom is -0.503 e.